The number of hydrogen-bond donors (Lipinski definition) is 1. The van der Waals surface area contributed by atoms with Crippen molar-refractivity contribution in [1.82, 2.24) is 10.2 Å². The molecule has 19 heavy (non-hydrogen) atoms. The summed E-state index contributed by atoms with van der Waals surface area (Å²) in [6, 6.07) is 0.537. The number of rotatable bonds is 3. The van der Waals surface area contributed by atoms with E-state index >= 15 is 0 Å². The van der Waals surface area contributed by atoms with E-state index in [9.17, 15) is 4.79 Å². The van der Waals surface area contributed by atoms with Crippen LogP contribution in [-0.2, 0) is 9.53 Å². The molecule has 0 bridgehead atoms. The van der Waals surface area contributed by atoms with Crippen LogP contribution in [-0.4, -0.2) is 41.7 Å². The third-order valence-electron chi connectivity index (χ3n) is 4.01. The Labute approximate surface area is 120 Å². The number of ether oxygens (including phenoxy) is 1. The van der Waals surface area contributed by atoms with Crippen LogP contribution in [0.5, 0.6) is 0 Å². The average molecular weight is 284 g/mol. The summed E-state index contributed by atoms with van der Waals surface area (Å²) in [6.07, 6.45) is 6.96. The molecule has 5 heteroatoms. The molecule has 0 aromatic heterocycles. The van der Waals surface area contributed by atoms with Crippen molar-refractivity contribution in [3.05, 3.63) is 0 Å². The van der Waals surface area contributed by atoms with Crippen molar-refractivity contribution in [3.8, 4) is 0 Å². The molecule has 1 N–H and O–H groups in total. The molecule has 1 saturated carbocycles. The number of carbonyl (C=O) groups excluding carboxylic acids is 1. The molecule has 2 rings (SSSR count). The molecular weight excluding hydrogens is 260 g/mol. The van der Waals surface area contributed by atoms with Gasteiger partial charge < -0.3 is 15.0 Å². The molecule has 0 aromatic rings. The Bertz CT molecular complexity index is 329. The molecule has 0 amide bonds. The standard InChI is InChI=1S/C14H24N2O2S/c1-2-18-13(17)11-6-5-9-16(10-11)14(19)15-12-7-3-4-8-12/h11-12H,2-10H2,1H3,(H,15,19)/t11-/m1/s1. The zero-order valence-electron chi connectivity index (χ0n) is 11.7. The summed E-state index contributed by atoms with van der Waals surface area (Å²) in [5.74, 6) is -0.0899. The van der Waals surface area contributed by atoms with Crippen LogP contribution >= 0.6 is 12.2 Å². The molecule has 0 spiro atoms. The summed E-state index contributed by atoms with van der Waals surface area (Å²) in [5, 5.41) is 4.27. The maximum atomic E-state index is 11.8. The molecule has 2 aliphatic rings. The number of nitrogens with zero attached hydrogens (tertiary/aromatic N) is 1. The van der Waals surface area contributed by atoms with Crippen LogP contribution in [0, 0.1) is 5.92 Å². The van der Waals surface area contributed by atoms with E-state index in [0.29, 0.717) is 19.2 Å². The molecule has 1 aliphatic heterocycles. The number of carbonyl (C=O) groups is 1. The molecule has 2 fully saturated rings. The van der Waals surface area contributed by atoms with Gasteiger partial charge >= 0.3 is 5.97 Å². The van der Waals surface area contributed by atoms with Gasteiger partial charge in [-0.05, 0) is 44.8 Å². The van der Waals surface area contributed by atoms with Crippen molar-refractivity contribution < 1.29 is 9.53 Å². The second kappa shape index (κ2) is 7.08. The minimum Gasteiger partial charge on any atom is -0.466 e. The van der Waals surface area contributed by atoms with Gasteiger partial charge in [-0.2, -0.15) is 0 Å². The Kier molecular flexibility index (Phi) is 5.43. The summed E-state index contributed by atoms with van der Waals surface area (Å²) < 4.78 is 5.11. The number of nitrogens with one attached hydrogen (secondary N) is 1. The highest BCUT2D eigenvalue weighted by Crippen LogP contribution is 2.20. The predicted molar refractivity (Wildman–Crippen MR) is 78.9 cm³/mol. The first kappa shape index (κ1) is 14.6. The van der Waals surface area contributed by atoms with Crippen LogP contribution < -0.4 is 5.32 Å². The Morgan fingerprint density at radius 3 is 2.74 bits per heavy atom. The molecule has 108 valence electrons. The van der Waals surface area contributed by atoms with Crippen molar-refractivity contribution in [2.24, 2.45) is 5.92 Å². The molecular formula is C14H24N2O2S. The third-order valence-corrected chi connectivity index (χ3v) is 4.39. The smallest absolute Gasteiger partial charge is 0.310 e. The molecule has 1 aliphatic carbocycles. The lowest BCUT2D eigenvalue weighted by Gasteiger charge is -2.34. The fourth-order valence-electron chi connectivity index (χ4n) is 2.95. The van der Waals surface area contributed by atoms with E-state index in [1.54, 1.807) is 0 Å². The van der Waals surface area contributed by atoms with Gasteiger partial charge in [-0.15, -0.1) is 0 Å². The minimum absolute atomic E-state index is 0.0166. The van der Waals surface area contributed by atoms with Crippen LogP contribution in [0.4, 0.5) is 0 Å². The second-order valence-electron chi connectivity index (χ2n) is 5.47. The highest BCUT2D eigenvalue weighted by molar-refractivity contribution is 7.80. The molecule has 0 unspecified atom stereocenters. The molecule has 1 heterocycles. The SMILES string of the molecule is CCOC(=O)[C@@H]1CCCN(C(=S)NC2CCCC2)C1. The van der Waals surface area contributed by atoms with Crippen LogP contribution in [0.2, 0.25) is 0 Å². The zero-order chi connectivity index (χ0) is 13.7. The maximum Gasteiger partial charge on any atom is 0.310 e. The largest absolute Gasteiger partial charge is 0.466 e. The van der Waals surface area contributed by atoms with Crippen molar-refractivity contribution in [1.29, 1.82) is 0 Å². The van der Waals surface area contributed by atoms with Crippen molar-refractivity contribution in [3.63, 3.8) is 0 Å². The highest BCUT2D eigenvalue weighted by Gasteiger charge is 2.28. The van der Waals surface area contributed by atoms with Crippen molar-refractivity contribution >= 4 is 23.3 Å². The van der Waals surface area contributed by atoms with E-state index in [2.05, 4.69) is 10.2 Å². The lowest BCUT2D eigenvalue weighted by molar-refractivity contribution is -0.149. The van der Waals surface area contributed by atoms with Gasteiger partial charge in [0.05, 0.1) is 12.5 Å². The normalized spacial score (nSPS) is 24.3. The molecule has 1 saturated heterocycles. The van der Waals surface area contributed by atoms with Crippen LogP contribution in [0.15, 0.2) is 0 Å². The quantitative estimate of drug-likeness (QED) is 0.635. The minimum atomic E-state index is -0.0733. The van der Waals surface area contributed by atoms with E-state index < -0.39 is 0 Å². The maximum absolute atomic E-state index is 11.8. The Hall–Kier alpha value is -0.840. The van der Waals surface area contributed by atoms with Crippen LogP contribution in [0.3, 0.4) is 0 Å². The fourth-order valence-corrected chi connectivity index (χ4v) is 3.28. The fraction of sp³-hybridized carbons (Fsp3) is 0.857. The lowest BCUT2D eigenvalue weighted by Crippen LogP contribution is -2.49. The summed E-state index contributed by atoms with van der Waals surface area (Å²) in [7, 11) is 0. The van der Waals surface area contributed by atoms with E-state index in [-0.39, 0.29) is 11.9 Å². The Balaban J connectivity index is 1.82. The highest BCUT2D eigenvalue weighted by atomic mass is 32.1. The topological polar surface area (TPSA) is 41.6 Å². The number of piperidine rings is 1. The van der Waals surface area contributed by atoms with Gasteiger partial charge in [0.1, 0.15) is 0 Å². The first-order chi connectivity index (χ1) is 9.20. The Morgan fingerprint density at radius 1 is 1.32 bits per heavy atom. The van der Waals surface area contributed by atoms with E-state index in [0.717, 1.165) is 24.5 Å². The van der Waals surface area contributed by atoms with Crippen LogP contribution in [0.1, 0.15) is 45.4 Å². The van der Waals surface area contributed by atoms with Gasteiger partial charge in [0.25, 0.3) is 0 Å². The third kappa shape index (κ3) is 4.06. The summed E-state index contributed by atoms with van der Waals surface area (Å²) in [4.78, 5) is 13.9. The van der Waals surface area contributed by atoms with Gasteiger partial charge in [-0.1, -0.05) is 12.8 Å². The van der Waals surface area contributed by atoms with Crippen LogP contribution in [0.25, 0.3) is 0 Å². The Morgan fingerprint density at radius 2 is 2.05 bits per heavy atom. The lowest BCUT2D eigenvalue weighted by atomic mass is 9.98. The average Bonchev–Trinajstić information content (AvgIpc) is 2.92. The molecule has 0 aromatic carbocycles. The molecule has 1 atom stereocenters. The van der Waals surface area contributed by atoms with Gasteiger partial charge in [0.15, 0.2) is 5.11 Å². The van der Waals surface area contributed by atoms with Gasteiger partial charge in [-0.3, -0.25) is 4.79 Å². The van der Waals surface area contributed by atoms with E-state index in [1.807, 2.05) is 6.92 Å². The van der Waals surface area contributed by atoms with Crippen molar-refractivity contribution in [2.75, 3.05) is 19.7 Å². The number of hydrogen-bond acceptors (Lipinski definition) is 3. The van der Waals surface area contributed by atoms with Crippen molar-refractivity contribution in [2.45, 2.75) is 51.5 Å². The van der Waals surface area contributed by atoms with E-state index in [1.165, 1.54) is 25.7 Å². The summed E-state index contributed by atoms with van der Waals surface area (Å²) >= 11 is 5.48. The first-order valence-electron chi connectivity index (χ1n) is 7.42. The van der Waals surface area contributed by atoms with Gasteiger partial charge in [-0.25, -0.2) is 0 Å². The number of esters is 1. The zero-order valence-corrected chi connectivity index (χ0v) is 12.5. The second-order valence-corrected chi connectivity index (χ2v) is 5.85. The van der Waals surface area contributed by atoms with Gasteiger partial charge in [0.2, 0.25) is 0 Å². The number of likely N-dealkylation sites (tertiary alicyclic amines) is 1. The van der Waals surface area contributed by atoms with Gasteiger partial charge in [0, 0.05) is 19.1 Å². The monoisotopic (exact) mass is 284 g/mol. The first-order valence-corrected chi connectivity index (χ1v) is 7.83. The molecule has 4 nitrogen and oxygen atoms in total. The summed E-state index contributed by atoms with van der Waals surface area (Å²) in [5.41, 5.74) is 0. The van der Waals surface area contributed by atoms with E-state index in [4.69, 9.17) is 17.0 Å². The predicted octanol–water partition coefficient (Wildman–Crippen LogP) is 2.08. The number of thiocarbonyl (C=S) groups is 1. The molecule has 0 radical (unpaired) electrons. The summed E-state index contributed by atoms with van der Waals surface area (Å²) in [6.45, 7) is 3.97.